The first-order valence-corrected chi connectivity index (χ1v) is 10.4. The quantitative estimate of drug-likeness (QED) is 0.896. The number of fused-ring (bicyclic) bond motifs is 1. The minimum atomic E-state index is 0.0572. The van der Waals surface area contributed by atoms with E-state index in [1.54, 1.807) is 6.33 Å². The summed E-state index contributed by atoms with van der Waals surface area (Å²) in [4.78, 5) is 28.3. The van der Waals surface area contributed by atoms with Crippen molar-refractivity contribution in [3.05, 3.63) is 16.8 Å². The second kappa shape index (κ2) is 7.48. The maximum Gasteiger partial charge on any atom is 0.261 e. The van der Waals surface area contributed by atoms with Crippen molar-refractivity contribution in [2.45, 2.75) is 45.1 Å². The fraction of sp³-hybridized carbons (Fsp3) is 0.632. The first-order chi connectivity index (χ1) is 12.6. The van der Waals surface area contributed by atoms with Gasteiger partial charge in [0.15, 0.2) is 0 Å². The number of hydrogen-bond donors (Lipinski definition) is 1. The van der Waals surface area contributed by atoms with E-state index in [1.807, 2.05) is 6.92 Å². The Kier molecular flexibility index (Phi) is 5.09. The van der Waals surface area contributed by atoms with Gasteiger partial charge in [-0.3, -0.25) is 4.79 Å². The standard InChI is InChI=1S/C19H27N5OS/c1-13-15-17(24-10-8-23(2)9-11-24)20-12-21-19(15)26-16(13)18(25)22-14-6-4-3-5-7-14/h12,14H,3-11H2,1-2H3,(H,22,25). The normalized spacial score (nSPS) is 19.8. The molecule has 26 heavy (non-hydrogen) atoms. The van der Waals surface area contributed by atoms with Crippen LogP contribution in [0.2, 0.25) is 0 Å². The van der Waals surface area contributed by atoms with E-state index in [2.05, 4.69) is 32.1 Å². The Bertz CT molecular complexity index is 791. The molecule has 1 amide bonds. The van der Waals surface area contributed by atoms with E-state index in [4.69, 9.17) is 0 Å². The van der Waals surface area contributed by atoms with Crippen LogP contribution in [-0.2, 0) is 0 Å². The molecule has 0 spiro atoms. The summed E-state index contributed by atoms with van der Waals surface area (Å²) in [5.41, 5.74) is 1.02. The number of nitrogens with one attached hydrogen (secondary N) is 1. The molecule has 140 valence electrons. The van der Waals surface area contributed by atoms with Crippen molar-refractivity contribution >= 4 is 33.3 Å². The number of piperazine rings is 1. The van der Waals surface area contributed by atoms with Gasteiger partial charge in [-0.25, -0.2) is 9.97 Å². The van der Waals surface area contributed by atoms with E-state index in [9.17, 15) is 4.79 Å². The highest BCUT2D eigenvalue weighted by Gasteiger charge is 2.25. The molecule has 0 bridgehead atoms. The van der Waals surface area contributed by atoms with Crippen LogP contribution in [0.15, 0.2) is 6.33 Å². The maximum absolute atomic E-state index is 12.9. The zero-order valence-electron chi connectivity index (χ0n) is 15.6. The smallest absolute Gasteiger partial charge is 0.261 e. The van der Waals surface area contributed by atoms with Crippen LogP contribution in [0.25, 0.3) is 10.2 Å². The van der Waals surface area contributed by atoms with E-state index >= 15 is 0 Å². The molecule has 2 aromatic rings. The largest absolute Gasteiger partial charge is 0.353 e. The SMILES string of the molecule is Cc1c(C(=O)NC2CCCCC2)sc2ncnc(N3CCN(C)CC3)c12. The highest BCUT2D eigenvalue weighted by molar-refractivity contribution is 7.20. The third-order valence-corrected chi connectivity index (χ3v) is 6.85. The van der Waals surface area contributed by atoms with E-state index in [0.29, 0.717) is 6.04 Å². The van der Waals surface area contributed by atoms with Gasteiger partial charge >= 0.3 is 0 Å². The van der Waals surface area contributed by atoms with E-state index in [1.165, 1.54) is 30.6 Å². The summed E-state index contributed by atoms with van der Waals surface area (Å²) >= 11 is 1.50. The molecule has 0 atom stereocenters. The van der Waals surface area contributed by atoms with Gasteiger partial charge in [0.05, 0.1) is 10.3 Å². The molecule has 1 saturated heterocycles. The molecule has 2 aromatic heterocycles. The lowest BCUT2D eigenvalue weighted by Crippen LogP contribution is -2.44. The molecule has 1 N–H and O–H groups in total. The molecule has 4 rings (SSSR count). The monoisotopic (exact) mass is 373 g/mol. The lowest BCUT2D eigenvalue weighted by atomic mass is 9.95. The molecule has 0 aromatic carbocycles. The fourth-order valence-electron chi connectivity index (χ4n) is 4.03. The van der Waals surface area contributed by atoms with Crippen molar-refractivity contribution in [1.82, 2.24) is 20.2 Å². The molecule has 2 aliphatic rings. The lowest BCUT2D eigenvalue weighted by Gasteiger charge is -2.33. The van der Waals surface area contributed by atoms with Gasteiger partial charge in [0, 0.05) is 32.2 Å². The van der Waals surface area contributed by atoms with Gasteiger partial charge in [-0.2, -0.15) is 0 Å². The number of likely N-dealkylation sites (N-methyl/N-ethyl adjacent to an activating group) is 1. The fourth-order valence-corrected chi connectivity index (χ4v) is 5.07. The van der Waals surface area contributed by atoms with Gasteiger partial charge in [-0.15, -0.1) is 11.3 Å². The Morgan fingerprint density at radius 1 is 1.15 bits per heavy atom. The predicted molar refractivity (Wildman–Crippen MR) is 106 cm³/mol. The average molecular weight is 374 g/mol. The van der Waals surface area contributed by atoms with E-state index in [-0.39, 0.29) is 5.91 Å². The second-order valence-corrected chi connectivity index (χ2v) is 8.53. The molecule has 6 nitrogen and oxygen atoms in total. The summed E-state index contributed by atoms with van der Waals surface area (Å²) < 4.78 is 0. The topological polar surface area (TPSA) is 61.4 Å². The van der Waals surface area contributed by atoms with Crippen LogP contribution in [-0.4, -0.2) is 60.0 Å². The summed E-state index contributed by atoms with van der Waals surface area (Å²) in [5.74, 6) is 1.04. The molecular weight excluding hydrogens is 346 g/mol. The van der Waals surface area contributed by atoms with Crippen molar-refractivity contribution in [3.63, 3.8) is 0 Å². The number of aromatic nitrogens is 2. The van der Waals surface area contributed by atoms with E-state index in [0.717, 1.165) is 65.5 Å². The molecule has 0 radical (unpaired) electrons. The van der Waals surface area contributed by atoms with Gasteiger partial charge in [-0.05, 0) is 32.4 Å². The molecule has 3 heterocycles. The number of nitrogens with zero attached hydrogens (tertiary/aromatic N) is 4. The minimum Gasteiger partial charge on any atom is -0.353 e. The van der Waals surface area contributed by atoms with Gasteiger partial charge < -0.3 is 15.1 Å². The van der Waals surface area contributed by atoms with Crippen LogP contribution in [0.4, 0.5) is 5.82 Å². The Balaban J connectivity index is 1.62. The predicted octanol–water partition coefficient (Wildman–Crippen LogP) is 2.81. The zero-order valence-corrected chi connectivity index (χ0v) is 16.4. The van der Waals surface area contributed by atoms with Crippen LogP contribution < -0.4 is 10.2 Å². The number of rotatable bonds is 3. The highest BCUT2D eigenvalue weighted by Crippen LogP contribution is 2.35. The third-order valence-electron chi connectivity index (χ3n) is 5.66. The third kappa shape index (κ3) is 3.42. The number of hydrogen-bond acceptors (Lipinski definition) is 6. The summed E-state index contributed by atoms with van der Waals surface area (Å²) in [6.45, 7) is 6.02. The Morgan fingerprint density at radius 3 is 2.62 bits per heavy atom. The summed E-state index contributed by atoms with van der Waals surface area (Å²) in [7, 11) is 2.15. The molecule has 0 unspecified atom stereocenters. The van der Waals surface area contributed by atoms with Crippen molar-refractivity contribution in [1.29, 1.82) is 0 Å². The van der Waals surface area contributed by atoms with Crippen LogP contribution in [0.1, 0.15) is 47.3 Å². The Hall–Kier alpha value is -1.73. The molecule has 1 aliphatic heterocycles. The van der Waals surface area contributed by atoms with Crippen molar-refractivity contribution in [2.75, 3.05) is 38.1 Å². The summed E-state index contributed by atoms with van der Waals surface area (Å²) in [5, 5.41) is 4.30. The van der Waals surface area contributed by atoms with Crippen molar-refractivity contribution < 1.29 is 4.79 Å². The summed E-state index contributed by atoms with van der Waals surface area (Å²) in [6, 6.07) is 0.323. The highest BCUT2D eigenvalue weighted by atomic mass is 32.1. The Labute approximate surface area is 158 Å². The van der Waals surface area contributed by atoms with Crippen LogP contribution in [0.5, 0.6) is 0 Å². The molecule has 1 aliphatic carbocycles. The maximum atomic E-state index is 12.9. The zero-order chi connectivity index (χ0) is 18.1. The van der Waals surface area contributed by atoms with Crippen molar-refractivity contribution in [2.24, 2.45) is 0 Å². The number of thiophene rings is 1. The van der Waals surface area contributed by atoms with Gasteiger partial charge in [0.25, 0.3) is 5.91 Å². The van der Waals surface area contributed by atoms with Gasteiger partial charge in [0.2, 0.25) is 0 Å². The number of aryl methyl sites for hydroxylation is 1. The average Bonchev–Trinajstić information content (AvgIpc) is 3.00. The van der Waals surface area contributed by atoms with Crippen molar-refractivity contribution in [3.8, 4) is 0 Å². The number of anilines is 1. The van der Waals surface area contributed by atoms with Crippen LogP contribution >= 0.6 is 11.3 Å². The Morgan fingerprint density at radius 2 is 1.88 bits per heavy atom. The molecule has 2 fully saturated rings. The number of carbonyl (C=O) groups excluding carboxylic acids is 1. The summed E-state index contributed by atoms with van der Waals surface area (Å²) in [6.07, 6.45) is 7.56. The van der Waals surface area contributed by atoms with Gasteiger partial charge in [-0.1, -0.05) is 19.3 Å². The molecule has 7 heteroatoms. The molecular formula is C19H27N5OS. The minimum absolute atomic E-state index is 0.0572. The number of amides is 1. The number of carbonyl (C=O) groups is 1. The first kappa shape index (κ1) is 17.7. The van der Waals surface area contributed by atoms with Crippen LogP contribution in [0, 0.1) is 6.92 Å². The van der Waals surface area contributed by atoms with E-state index < -0.39 is 0 Å². The van der Waals surface area contributed by atoms with Crippen LogP contribution in [0.3, 0.4) is 0 Å². The second-order valence-electron chi connectivity index (χ2n) is 7.53. The first-order valence-electron chi connectivity index (χ1n) is 9.62. The molecule has 1 saturated carbocycles. The lowest BCUT2D eigenvalue weighted by molar-refractivity contribution is 0.0931. The van der Waals surface area contributed by atoms with Gasteiger partial charge in [0.1, 0.15) is 17.0 Å².